The molecular formula is C28H45N3O4S. The number of ether oxygens (including phenoxy) is 1. The zero-order valence-corrected chi connectivity index (χ0v) is 23.9. The first-order valence-electron chi connectivity index (χ1n) is 13.1. The van der Waals surface area contributed by atoms with Crippen LogP contribution in [0, 0.1) is 13.8 Å². The minimum absolute atomic E-state index is 0.124. The normalized spacial score (nSPS) is 16.1. The van der Waals surface area contributed by atoms with Gasteiger partial charge in [0.05, 0.1) is 0 Å². The summed E-state index contributed by atoms with van der Waals surface area (Å²) in [7, 11) is 0. The fourth-order valence-electron chi connectivity index (χ4n) is 4.82. The monoisotopic (exact) mass is 519 g/mol. The maximum atomic E-state index is 14.0. The zero-order valence-electron chi connectivity index (χ0n) is 23.1. The van der Waals surface area contributed by atoms with E-state index in [1.807, 2.05) is 45.2 Å². The first-order valence-corrected chi connectivity index (χ1v) is 14.5. The summed E-state index contributed by atoms with van der Waals surface area (Å²) >= 11 is 1.60. The van der Waals surface area contributed by atoms with Crippen molar-refractivity contribution >= 4 is 29.7 Å². The average molecular weight is 520 g/mol. The summed E-state index contributed by atoms with van der Waals surface area (Å²) in [6, 6.07) is 4.48. The fourth-order valence-corrected chi connectivity index (χ4v) is 5.29. The molecule has 2 N–H and O–H groups in total. The number of aryl methyl sites for hydroxylation is 2. The summed E-state index contributed by atoms with van der Waals surface area (Å²) < 4.78 is 5.44. The first-order chi connectivity index (χ1) is 17.0. The number of carbonyl (C=O) groups excluding carboxylic acids is 3. The van der Waals surface area contributed by atoms with Gasteiger partial charge >= 0.3 is 6.09 Å². The first kappa shape index (κ1) is 30.0. The number of hydrogen-bond acceptors (Lipinski definition) is 5. The summed E-state index contributed by atoms with van der Waals surface area (Å²) in [5.74, 6) is 0.255. The Morgan fingerprint density at radius 2 is 1.72 bits per heavy atom. The van der Waals surface area contributed by atoms with Crippen molar-refractivity contribution in [1.82, 2.24) is 15.5 Å². The summed E-state index contributed by atoms with van der Waals surface area (Å²) in [5.41, 5.74) is 2.10. The summed E-state index contributed by atoms with van der Waals surface area (Å²) in [4.78, 5) is 42.1. The van der Waals surface area contributed by atoms with Gasteiger partial charge in [0.25, 0.3) is 0 Å². The number of alkyl carbamates (subject to hydrolysis) is 1. The molecular weight excluding hydrogens is 474 g/mol. The maximum absolute atomic E-state index is 14.0. The molecule has 0 bridgehead atoms. The van der Waals surface area contributed by atoms with E-state index in [-0.39, 0.29) is 17.9 Å². The fraction of sp³-hybridized carbons (Fsp3) is 0.679. The minimum Gasteiger partial charge on any atom is -0.444 e. The molecule has 0 aromatic heterocycles. The number of hydrogen-bond donors (Lipinski definition) is 2. The van der Waals surface area contributed by atoms with E-state index in [0.29, 0.717) is 18.7 Å². The van der Waals surface area contributed by atoms with Crippen molar-refractivity contribution in [3.8, 4) is 0 Å². The lowest BCUT2D eigenvalue weighted by molar-refractivity contribution is -0.142. The lowest BCUT2D eigenvalue weighted by atomic mass is 9.91. The van der Waals surface area contributed by atoms with E-state index in [0.717, 1.165) is 42.4 Å². The topological polar surface area (TPSA) is 87.7 Å². The van der Waals surface area contributed by atoms with Gasteiger partial charge in [-0.05, 0) is 89.5 Å². The van der Waals surface area contributed by atoms with Crippen molar-refractivity contribution in [2.24, 2.45) is 0 Å². The van der Waals surface area contributed by atoms with E-state index < -0.39 is 23.8 Å². The van der Waals surface area contributed by atoms with Gasteiger partial charge in [-0.2, -0.15) is 11.8 Å². The molecule has 2 rings (SSSR count). The van der Waals surface area contributed by atoms with Crippen LogP contribution in [0.4, 0.5) is 4.79 Å². The Morgan fingerprint density at radius 3 is 2.25 bits per heavy atom. The lowest BCUT2D eigenvalue weighted by Gasteiger charge is -2.36. The van der Waals surface area contributed by atoms with Gasteiger partial charge in [0.1, 0.15) is 17.7 Å². The third-order valence-electron chi connectivity index (χ3n) is 6.55. The average Bonchev–Trinajstić information content (AvgIpc) is 2.80. The van der Waals surface area contributed by atoms with Crippen LogP contribution in [-0.4, -0.2) is 59.0 Å². The molecule has 36 heavy (non-hydrogen) atoms. The van der Waals surface area contributed by atoms with Crippen molar-refractivity contribution in [3.05, 3.63) is 34.9 Å². The molecule has 0 spiro atoms. The van der Waals surface area contributed by atoms with E-state index in [1.165, 1.54) is 6.42 Å². The van der Waals surface area contributed by atoms with Gasteiger partial charge in [-0.15, -0.1) is 0 Å². The van der Waals surface area contributed by atoms with Gasteiger partial charge in [0.15, 0.2) is 0 Å². The Labute approximate surface area is 221 Å². The third-order valence-corrected chi connectivity index (χ3v) is 7.19. The molecule has 0 radical (unpaired) electrons. The van der Waals surface area contributed by atoms with Crippen LogP contribution in [-0.2, 0) is 14.3 Å². The van der Waals surface area contributed by atoms with Crippen LogP contribution in [0.3, 0.4) is 0 Å². The number of nitrogens with one attached hydrogen (secondary N) is 2. The van der Waals surface area contributed by atoms with Crippen molar-refractivity contribution in [2.75, 3.05) is 18.6 Å². The van der Waals surface area contributed by atoms with Gasteiger partial charge in [-0.1, -0.05) is 37.5 Å². The SMILES string of the molecule is CCN(C(=O)C(CCSC)NC(=O)OC(C)(C)C)C(C(=O)NC1CCCCC1)c1c(C)cccc1C. The number of amides is 3. The molecule has 2 unspecified atom stereocenters. The number of nitrogens with zero attached hydrogens (tertiary/aromatic N) is 1. The molecule has 8 heteroatoms. The standard InChI is InChI=1S/C28H45N3O4S/c1-8-31(26(33)22(17-18-36-7)30-27(34)35-28(4,5)6)24(23-19(2)13-12-14-20(23)3)25(32)29-21-15-10-9-11-16-21/h12-14,21-22,24H,8-11,15-18H2,1-7H3,(H,29,32)(H,30,34). The van der Waals surface area contributed by atoms with E-state index in [4.69, 9.17) is 4.74 Å². The molecule has 7 nitrogen and oxygen atoms in total. The Bertz CT molecular complexity index is 873. The van der Waals surface area contributed by atoms with E-state index in [2.05, 4.69) is 10.6 Å². The molecule has 202 valence electrons. The van der Waals surface area contributed by atoms with Crippen LogP contribution in [0.1, 0.15) is 89.0 Å². The van der Waals surface area contributed by atoms with Crippen LogP contribution in [0.5, 0.6) is 0 Å². The van der Waals surface area contributed by atoms with E-state index in [9.17, 15) is 14.4 Å². The molecule has 0 saturated heterocycles. The molecule has 1 fully saturated rings. The van der Waals surface area contributed by atoms with Crippen LogP contribution in [0.25, 0.3) is 0 Å². The second-order valence-corrected chi connectivity index (χ2v) is 11.6. The van der Waals surface area contributed by atoms with E-state index in [1.54, 1.807) is 37.4 Å². The Hall–Kier alpha value is -2.22. The second-order valence-electron chi connectivity index (χ2n) is 10.7. The molecule has 0 aliphatic heterocycles. The lowest BCUT2D eigenvalue weighted by Crippen LogP contribution is -2.54. The number of likely N-dealkylation sites (N-methyl/N-ethyl adjacent to an activating group) is 1. The molecule has 3 amide bonds. The largest absolute Gasteiger partial charge is 0.444 e. The van der Waals surface area contributed by atoms with Crippen LogP contribution in [0.2, 0.25) is 0 Å². The Kier molecular flexibility index (Phi) is 11.6. The number of rotatable bonds is 10. The van der Waals surface area contributed by atoms with Crippen molar-refractivity contribution < 1.29 is 19.1 Å². The van der Waals surface area contributed by atoms with Gasteiger partial charge in [0.2, 0.25) is 11.8 Å². The molecule has 1 aromatic rings. The highest BCUT2D eigenvalue weighted by atomic mass is 32.2. The summed E-state index contributed by atoms with van der Waals surface area (Å²) in [6.45, 7) is 11.5. The second kappa shape index (κ2) is 13.9. The van der Waals surface area contributed by atoms with Crippen LogP contribution in [0.15, 0.2) is 18.2 Å². The Morgan fingerprint density at radius 1 is 1.11 bits per heavy atom. The van der Waals surface area contributed by atoms with Gasteiger partial charge < -0.3 is 20.3 Å². The smallest absolute Gasteiger partial charge is 0.408 e. The number of benzene rings is 1. The highest BCUT2D eigenvalue weighted by molar-refractivity contribution is 7.98. The minimum atomic E-state index is -0.790. The third kappa shape index (κ3) is 8.71. The Balaban J connectivity index is 2.42. The molecule has 0 heterocycles. The highest BCUT2D eigenvalue weighted by Gasteiger charge is 2.37. The zero-order chi connectivity index (χ0) is 26.9. The van der Waals surface area contributed by atoms with Crippen molar-refractivity contribution in [3.63, 3.8) is 0 Å². The molecule has 2 atom stereocenters. The molecule has 1 aliphatic carbocycles. The number of thioether (sulfide) groups is 1. The quantitative estimate of drug-likeness (QED) is 0.439. The van der Waals surface area contributed by atoms with Gasteiger partial charge in [0, 0.05) is 12.6 Å². The van der Waals surface area contributed by atoms with Crippen molar-refractivity contribution in [1.29, 1.82) is 0 Å². The number of carbonyl (C=O) groups is 3. The molecule has 1 saturated carbocycles. The van der Waals surface area contributed by atoms with Gasteiger partial charge in [-0.25, -0.2) is 4.79 Å². The molecule has 1 aliphatic rings. The molecule has 1 aromatic carbocycles. The van der Waals surface area contributed by atoms with Crippen molar-refractivity contribution in [2.45, 2.75) is 104 Å². The predicted molar refractivity (Wildman–Crippen MR) is 147 cm³/mol. The predicted octanol–water partition coefficient (Wildman–Crippen LogP) is 5.29. The summed E-state index contributed by atoms with van der Waals surface area (Å²) in [5, 5.41) is 6.03. The van der Waals surface area contributed by atoms with Gasteiger partial charge in [-0.3, -0.25) is 9.59 Å². The van der Waals surface area contributed by atoms with Crippen LogP contribution < -0.4 is 10.6 Å². The van der Waals surface area contributed by atoms with E-state index >= 15 is 0 Å². The van der Waals surface area contributed by atoms with Crippen LogP contribution >= 0.6 is 11.8 Å². The maximum Gasteiger partial charge on any atom is 0.408 e. The highest BCUT2D eigenvalue weighted by Crippen LogP contribution is 2.30. The summed E-state index contributed by atoms with van der Waals surface area (Å²) in [6.07, 6.45) is 7.10.